The Bertz CT molecular complexity index is 1350. The molecule has 1 saturated heterocycles. The van der Waals surface area contributed by atoms with E-state index in [1.54, 1.807) is 0 Å². The first-order valence-corrected chi connectivity index (χ1v) is 12.4. The summed E-state index contributed by atoms with van der Waals surface area (Å²) >= 11 is 5.90. The van der Waals surface area contributed by atoms with Crippen molar-refractivity contribution in [1.29, 1.82) is 0 Å². The van der Waals surface area contributed by atoms with Gasteiger partial charge in [-0.2, -0.15) is 0 Å². The zero-order valence-electron chi connectivity index (χ0n) is 20.5. The third-order valence-electron chi connectivity index (χ3n) is 6.57. The Hall–Kier alpha value is -3.64. The number of hydrogen-bond donors (Lipinski definition) is 1. The van der Waals surface area contributed by atoms with Crippen LogP contribution in [-0.2, 0) is 0 Å². The topological polar surface area (TPSA) is 42.3 Å². The van der Waals surface area contributed by atoms with Crippen LogP contribution in [0.1, 0.15) is 47.2 Å². The van der Waals surface area contributed by atoms with Gasteiger partial charge in [0.1, 0.15) is 5.75 Å². The number of nitrogens with one attached hydrogen (secondary N) is 1. The molecule has 0 aliphatic carbocycles. The maximum atomic E-state index is 5.90. The van der Waals surface area contributed by atoms with E-state index >= 15 is 0 Å². The quantitative estimate of drug-likeness (QED) is 0.323. The van der Waals surface area contributed by atoms with Crippen molar-refractivity contribution >= 4 is 23.0 Å². The van der Waals surface area contributed by atoms with Gasteiger partial charge in [0.25, 0.3) is 0 Å². The van der Waals surface area contributed by atoms with Gasteiger partial charge in [0.2, 0.25) is 0 Å². The first kappa shape index (κ1) is 23.1. The van der Waals surface area contributed by atoms with Gasteiger partial charge in [0.15, 0.2) is 5.11 Å². The summed E-state index contributed by atoms with van der Waals surface area (Å²) in [5, 5.41) is 4.26. The second-order valence-electron chi connectivity index (χ2n) is 8.92. The normalized spacial score (nSPS) is 17.5. The summed E-state index contributed by atoms with van der Waals surface area (Å²) in [6.07, 6.45) is 1.84. The molecule has 2 aromatic heterocycles. The maximum absolute atomic E-state index is 5.90. The van der Waals surface area contributed by atoms with Crippen molar-refractivity contribution in [2.24, 2.45) is 0 Å². The first-order chi connectivity index (χ1) is 17.0. The minimum Gasteiger partial charge on any atom is -0.494 e. The van der Waals surface area contributed by atoms with E-state index in [-0.39, 0.29) is 12.1 Å². The number of hydrogen-bond acceptors (Lipinski definition) is 3. The van der Waals surface area contributed by atoms with Crippen LogP contribution in [0.5, 0.6) is 5.75 Å². The molecule has 3 heterocycles. The Balaban J connectivity index is 1.64. The van der Waals surface area contributed by atoms with Crippen molar-refractivity contribution in [3.05, 3.63) is 107 Å². The van der Waals surface area contributed by atoms with Crippen LogP contribution in [0.3, 0.4) is 0 Å². The van der Waals surface area contributed by atoms with E-state index in [0.717, 1.165) is 17.1 Å². The van der Waals surface area contributed by atoms with Gasteiger partial charge in [0.05, 0.1) is 24.4 Å². The molecule has 1 aliphatic heterocycles. The average Bonchev–Trinajstić information content (AvgIpc) is 3.35. The van der Waals surface area contributed by atoms with Crippen LogP contribution in [0.4, 0.5) is 5.69 Å². The summed E-state index contributed by atoms with van der Waals surface area (Å²) in [6.45, 7) is 9.11. The van der Waals surface area contributed by atoms with E-state index in [1.165, 1.54) is 28.2 Å². The Morgan fingerprint density at radius 1 is 0.943 bits per heavy atom. The lowest BCUT2D eigenvalue weighted by Gasteiger charge is -2.28. The number of nitrogens with zero attached hydrogens (tertiary/aromatic N) is 3. The molecule has 0 saturated carbocycles. The number of aryl methyl sites for hydroxylation is 2. The monoisotopic (exact) mass is 482 g/mol. The van der Waals surface area contributed by atoms with E-state index < -0.39 is 0 Å². The molecular formula is C29H30N4OS. The van der Waals surface area contributed by atoms with Crippen molar-refractivity contribution in [2.75, 3.05) is 11.5 Å². The number of benzene rings is 2. The standard InChI is InChI=1S/C29H30N4OS/c1-5-34-24-14-12-22(13-15-24)33-28(27(31-29(33)35)26-11-6-7-16-30-26)25-18-20(3)32(21(25)4)23-10-8-9-19(2)17-23/h6-18,27-28H,5H2,1-4H3,(H,31,35)/t27-,28-/m0/s1. The molecule has 35 heavy (non-hydrogen) atoms. The fourth-order valence-corrected chi connectivity index (χ4v) is 5.42. The lowest BCUT2D eigenvalue weighted by atomic mass is 9.96. The van der Waals surface area contributed by atoms with Crippen molar-refractivity contribution in [3.63, 3.8) is 0 Å². The Labute approximate surface area is 212 Å². The predicted molar refractivity (Wildman–Crippen MR) is 146 cm³/mol. The zero-order valence-corrected chi connectivity index (χ0v) is 21.3. The second kappa shape index (κ2) is 9.55. The molecule has 4 aromatic rings. The van der Waals surface area contributed by atoms with Crippen LogP contribution in [0.15, 0.2) is 79.0 Å². The highest BCUT2D eigenvalue weighted by atomic mass is 32.1. The Kier molecular flexibility index (Phi) is 6.31. The van der Waals surface area contributed by atoms with Crippen LogP contribution in [-0.4, -0.2) is 21.3 Å². The van der Waals surface area contributed by atoms with Crippen LogP contribution in [0.2, 0.25) is 0 Å². The molecule has 178 valence electrons. The fourth-order valence-electron chi connectivity index (χ4n) is 5.07. The maximum Gasteiger partial charge on any atom is 0.174 e. The van der Waals surface area contributed by atoms with Gasteiger partial charge in [-0.15, -0.1) is 0 Å². The molecule has 1 N–H and O–H groups in total. The molecule has 0 amide bonds. The van der Waals surface area contributed by atoms with Gasteiger partial charge in [0, 0.05) is 29.0 Å². The van der Waals surface area contributed by atoms with E-state index in [9.17, 15) is 0 Å². The molecule has 0 radical (unpaired) electrons. The third-order valence-corrected chi connectivity index (χ3v) is 6.89. The second-order valence-corrected chi connectivity index (χ2v) is 9.31. The SMILES string of the molecule is CCOc1ccc(N2C(=S)N[C@@H](c3ccccn3)[C@@H]2c2cc(C)n(-c3cccc(C)c3)c2C)cc1. The van der Waals surface area contributed by atoms with Crippen LogP contribution < -0.4 is 15.0 Å². The van der Waals surface area contributed by atoms with Crippen LogP contribution >= 0.6 is 12.2 Å². The molecule has 5 rings (SSSR count). The average molecular weight is 483 g/mol. The predicted octanol–water partition coefficient (Wildman–Crippen LogP) is 6.37. The minimum absolute atomic E-state index is 0.0555. The van der Waals surface area contributed by atoms with E-state index in [0.29, 0.717) is 11.7 Å². The summed E-state index contributed by atoms with van der Waals surface area (Å²) in [6, 6.07) is 25.0. The summed E-state index contributed by atoms with van der Waals surface area (Å²) in [4.78, 5) is 6.91. The summed E-state index contributed by atoms with van der Waals surface area (Å²) in [7, 11) is 0. The van der Waals surface area contributed by atoms with Crippen molar-refractivity contribution in [1.82, 2.24) is 14.9 Å². The van der Waals surface area contributed by atoms with Gasteiger partial charge in [-0.05, 0) is 106 Å². The highest BCUT2D eigenvalue weighted by molar-refractivity contribution is 7.80. The lowest BCUT2D eigenvalue weighted by Crippen LogP contribution is -2.29. The number of aromatic nitrogens is 2. The van der Waals surface area contributed by atoms with Crippen molar-refractivity contribution in [2.45, 2.75) is 39.8 Å². The molecule has 1 aliphatic rings. The number of anilines is 1. The van der Waals surface area contributed by atoms with Gasteiger partial charge in [-0.1, -0.05) is 18.2 Å². The van der Waals surface area contributed by atoms with Crippen molar-refractivity contribution < 1.29 is 4.74 Å². The van der Waals surface area contributed by atoms with Gasteiger partial charge >= 0.3 is 0 Å². The smallest absolute Gasteiger partial charge is 0.174 e. The molecule has 2 atom stereocenters. The highest BCUT2D eigenvalue weighted by Gasteiger charge is 2.42. The zero-order chi connectivity index (χ0) is 24.5. The first-order valence-electron chi connectivity index (χ1n) is 12.0. The molecule has 0 bridgehead atoms. The number of thiocarbonyl (C=S) groups is 1. The molecule has 0 unspecified atom stereocenters. The highest BCUT2D eigenvalue weighted by Crippen LogP contribution is 2.44. The van der Waals surface area contributed by atoms with Gasteiger partial charge < -0.3 is 19.5 Å². The van der Waals surface area contributed by atoms with E-state index in [4.69, 9.17) is 21.9 Å². The minimum atomic E-state index is -0.0817. The molecule has 5 nitrogen and oxygen atoms in total. The number of rotatable bonds is 6. The largest absolute Gasteiger partial charge is 0.494 e. The van der Waals surface area contributed by atoms with Crippen LogP contribution in [0, 0.1) is 20.8 Å². The summed E-state index contributed by atoms with van der Waals surface area (Å²) in [5.41, 5.74) is 8.00. The van der Waals surface area contributed by atoms with Crippen molar-refractivity contribution in [3.8, 4) is 11.4 Å². The Morgan fingerprint density at radius 3 is 2.43 bits per heavy atom. The van der Waals surface area contributed by atoms with E-state index in [1.807, 2.05) is 37.4 Å². The number of pyridine rings is 1. The van der Waals surface area contributed by atoms with E-state index in [2.05, 4.69) is 84.1 Å². The lowest BCUT2D eigenvalue weighted by molar-refractivity contribution is 0.340. The molecule has 6 heteroatoms. The number of ether oxygens (including phenoxy) is 1. The summed E-state index contributed by atoms with van der Waals surface area (Å²) < 4.78 is 8.00. The Morgan fingerprint density at radius 2 is 1.74 bits per heavy atom. The molecular weight excluding hydrogens is 452 g/mol. The van der Waals surface area contributed by atoms with Crippen LogP contribution in [0.25, 0.3) is 5.69 Å². The molecule has 2 aromatic carbocycles. The molecule has 0 spiro atoms. The third kappa shape index (κ3) is 4.30. The van der Waals surface area contributed by atoms with Gasteiger partial charge in [-0.3, -0.25) is 4.98 Å². The molecule has 1 fully saturated rings. The summed E-state index contributed by atoms with van der Waals surface area (Å²) in [5.74, 6) is 0.852. The fraction of sp³-hybridized carbons (Fsp3) is 0.241. The van der Waals surface area contributed by atoms with Gasteiger partial charge in [-0.25, -0.2) is 0 Å².